The highest BCUT2D eigenvalue weighted by atomic mass is 32.1. The number of thiocarbonyl (C=S) groups is 1. The Labute approximate surface area is 156 Å². The summed E-state index contributed by atoms with van der Waals surface area (Å²) in [7, 11) is 1.45. The lowest BCUT2D eigenvalue weighted by molar-refractivity contribution is -0.140. The number of esters is 1. The van der Waals surface area contributed by atoms with Gasteiger partial charge < -0.3 is 30.0 Å². The van der Waals surface area contributed by atoms with Crippen LogP contribution in [0.4, 0.5) is 0 Å². The Bertz CT molecular complexity index is 762. The Morgan fingerprint density at radius 3 is 2.65 bits per heavy atom. The maximum absolute atomic E-state index is 12.4. The number of rotatable bonds is 7. The number of methoxy groups -OCH3 is 1. The van der Waals surface area contributed by atoms with Gasteiger partial charge in [0.2, 0.25) is 0 Å². The van der Waals surface area contributed by atoms with Gasteiger partial charge in [0.15, 0.2) is 23.2 Å². The fourth-order valence-corrected chi connectivity index (χ4v) is 2.82. The van der Waals surface area contributed by atoms with Gasteiger partial charge in [-0.3, -0.25) is 0 Å². The first-order chi connectivity index (χ1) is 12.4. The monoisotopic (exact) mass is 380 g/mol. The molecule has 0 aliphatic carbocycles. The van der Waals surface area contributed by atoms with Crippen molar-refractivity contribution in [2.75, 3.05) is 20.3 Å². The van der Waals surface area contributed by atoms with E-state index in [9.17, 15) is 9.59 Å². The summed E-state index contributed by atoms with van der Waals surface area (Å²) in [5, 5.41) is 15.1. The molecule has 0 radical (unpaired) electrons. The van der Waals surface area contributed by atoms with Crippen LogP contribution in [0.3, 0.4) is 0 Å². The zero-order valence-electron chi connectivity index (χ0n) is 14.6. The SMILES string of the molecule is CCOC(=O)C1=C(C)NC(=S)NC1c1ccc(OCC(=O)O)c(OC)c1. The number of benzene rings is 1. The second-order valence-electron chi connectivity index (χ2n) is 5.38. The molecule has 0 bridgehead atoms. The minimum absolute atomic E-state index is 0.248. The van der Waals surface area contributed by atoms with Crippen LogP contribution in [-0.2, 0) is 14.3 Å². The predicted octanol–water partition coefficient (Wildman–Crippen LogP) is 1.51. The molecule has 1 aliphatic heterocycles. The minimum atomic E-state index is -1.09. The second kappa shape index (κ2) is 8.52. The molecule has 3 N–H and O–H groups in total. The van der Waals surface area contributed by atoms with Crippen LogP contribution in [0.25, 0.3) is 0 Å². The molecular weight excluding hydrogens is 360 g/mol. The molecule has 0 fully saturated rings. The molecule has 1 unspecified atom stereocenters. The number of carbonyl (C=O) groups excluding carboxylic acids is 1. The number of hydrogen-bond acceptors (Lipinski definition) is 6. The first-order valence-electron chi connectivity index (χ1n) is 7.85. The third kappa shape index (κ3) is 4.42. The van der Waals surface area contributed by atoms with E-state index in [0.717, 1.165) is 0 Å². The number of carboxylic acid groups (broad SMARTS) is 1. The molecule has 140 valence electrons. The third-order valence-corrected chi connectivity index (χ3v) is 3.86. The summed E-state index contributed by atoms with van der Waals surface area (Å²) in [5.74, 6) is -0.920. The molecule has 1 aliphatic rings. The van der Waals surface area contributed by atoms with Crippen molar-refractivity contribution in [3.05, 3.63) is 35.0 Å². The molecule has 1 atom stereocenters. The molecule has 1 aromatic carbocycles. The largest absolute Gasteiger partial charge is 0.493 e. The molecule has 1 heterocycles. The van der Waals surface area contributed by atoms with E-state index in [1.165, 1.54) is 7.11 Å². The van der Waals surface area contributed by atoms with Gasteiger partial charge in [-0.25, -0.2) is 9.59 Å². The molecule has 0 amide bonds. The maximum Gasteiger partial charge on any atom is 0.341 e. The van der Waals surface area contributed by atoms with Gasteiger partial charge in [0.1, 0.15) is 0 Å². The van der Waals surface area contributed by atoms with Crippen LogP contribution < -0.4 is 20.1 Å². The number of carbonyl (C=O) groups is 2. The van der Waals surface area contributed by atoms with Crippen LogP contribution in [0.15, 0.2) is 29.5 Å². The topological polar surface area (TPSA) is 106 Å². The van der Waals surface area contributed by atoms with Crippen molar-refractivity contribution in [1.29, 1.82) is 0 Å². The van der Waals surface area contributed by atoms with E-state index in [1.807, 2.05) is 0 Å². The van der Waals surface area contributed by atoms with Crippen LogP contribution in [0.5, 0.6) is 11.5 Å². The highest BCUT2D eigenvalue weighted by Gasteiger charge is 2.31. The Morgan fingerprint density at radius 1 is 1.31 bits per heavy atom. The molecular formula is C17H20N2O6S. The summed E-state index contributed by atoms with van der Waals surface area (Å²) < 4.78 is 15.6. The first kappa shape index (κ1) is 19.5. The van der Waals surface area contributed by atoms with Crippen molar-refractivity contribution in [3.63, 3.8) is 0 Å². The van der Waals surface area contributed by atoms with Gasteiger partial charge in [-0.05, 0) is 43.8 Å². The Balaban J connectivity index is 2.40. The van der Waals surface area contributed by atoms with E-state index in [4.69, 9.17) is 31.5 Å². The molecule has 0 saturated carbocycles. The van der Waals surface area contributed by atoms with Crippen LogP contribution >= 0.6 is 12.2 Å². The molecule has 8 nitrogen and oxygen atoms in total. The zero-order valence-corrected chi connectivity index (χ0v) is 15.4. The number of allylic oxidation sites excluding steroid dienone is 1. The normalized spacial score (nSPS) is 16.4. The maximum atomic E-state index is 12.4. The van der Waals surface area contributed by atoms with Crippen molar-refractivity contribution < 1.29 is 28.9 Å². The summed E-state index contributed by atoms with van der Waals surface area (Å²) >= 11 is 5.19. The van der Waals surface area contributed by atoms with Gasteiger partial charge >= 0.3 is 11.9 Å². The summed E-state index contributed by atoms with van der Waals surface area (Å²) in [5.41, 5.74) is 1.69. The number of aliphatic carboxylic acids is 1. The van der Waals surface area contributed by atoms with Crippen molar-refractivity contribution in [2.24, 2.45) is 0 Å². The number of hydrogen-bond donors (Lipinski definition) is 3. The van der Waals surface area contributed by atoms with Crippen molar-refractivity contribution >= 4 is 29.3 Å². The zero-order chi connectivity index (χ0) is 19.3. The smallest absolute Gasteiger partial charge is 0.341 e. The number of ether oxygens (including phenoxy) is 3. The number of nitrogens with one attached hydrogen (secondary N) is 2. The van der Waals surface area contributed by atoms with E-state index in [-0.39, 0.29) is 12.4 Å². The molecule has 0 aromatic heterocycles. The lowest BCUT2D eigenvalue weighted by Crippen LogP contribution is -2.45. The Hall–Kier alpha value is -2.81. The molecule has 26 heavy (non-hydrogen) atoms. The Morgan fingerprint density at radius 2 is 2.04 bits per heavy atom. The van der Waals surface area contributed by atoms with Crippen LogP contribution in [0.2, 0.25) is 0 Å². The molecule has 0 saturated heterocycles. The van der Waals surface area contributed by atoms with Gasteiger partial charge in [-0.2, -0.15) is 0 Å². The summed E-state index contributed by atoms with van der Waals surface area (Å²) in [6, 6.07) is 4.42. The fraction of sp³-hybridized carbons (Fsp3) is 0.353. The predicted molar refractivity (Wildman–Crippen MR) is 97.1 cm³/mol. The molecule has 2 rings (SSSR count). The van der Waals surface area contributed by atoms with Crippen molar-refractivity contribution in [3.8, 4) is 11.5 Å². The van der Waals surface area contributed by atoms with Gasteiger partial charge in [-0.15, -0.1) is 0 Å². The number of carboxylic acids is 1. The van der Waals surface area contributed by atoms with Gasteiger partial charge in [-0.1, -0.05) is 6.07 Å². The van der Waals surface area contributed by atoms with Crippen molar-refractivity contribution in [1.82, 2.24) is 10.6 Å². The van der Waals surface area contributed by atoms with E-state index in [1.54, 1.807) is 32.0 Å². The average Bonchev–Trinajstić information content (AvgIpc) is 2.59. The standard InChI is InChI=1S/C17H20N2O6S/c1-4-24-16(22)14-9(2)18-17(26)19-15(14)10-5-6-11(12(7-10)23-3)25-8-13(20)21/h5-7,15H,4,8H2,1-3H3,(H,20,21)(H2,18,19,26). The lowest BCUT2D eigenvalue weighted by Gasteiger charge is -2.30. The molecule has 0 spiro atoms. The summed E-state index contributed by atoms with van der Waals surface area (Å²) in [4.78, 5) is 23.1. The molecule has 1 aromatic rings. The van der Waals surface area contributed by atoms with Crippen LogP contribution in [-0.4, -0.2) is 42.5 Å². The summed E-state index contributed by atoms with van der Waals surface area (Å²) in [6.45, 7) is 3.24. The van der Waals surface area contributed by atoms with E-state index in [2.05, 4.69) is 10.6 Å². The third-order valence-electron chi connectivity index (χ3n) is 3.64. The quantitative estimate of drug-likeness (QED) is 0.479. The highest BCUT2D eigenvalue weighted by Crippen LogP contribution is 2.34. The minimum Gasteiger partial charge on any atom is -0.493 e. The highest BCUT2D eigenvalue weighted by molar-refractivity contribution is 7.80. The van der Waals surface area contributed by atoms with Gasteiger partial charge in [0, 0.05) is 5.70 Å². The van der Waals surface area contributed by atoms with E-state index in [0.29, 0.717) is 27.7 Å². The first-order valence-corrected chi connectivity index (χ1v) is 8.26. The van der Waals surface area contributed by atoms with Crippen LogP contribution in [0, 0.1) is 0 Å². The van der Waals surface area contributed by atoms with E-state index < -0.39 is 24.6 Å². The van der Waals surface area contributed by atoms with Gasteiger partial charge in [0.25, 0.3) is 0 Å². The lowest BCUT2D eigenvalue weighted by atomic mass is 9.95. The van der Waals surface area contributed by atoms with E-state index >= 15 is 0 Å². The average molecular weight is 380 g/mol. The fourth-order valence-electron chi connectivity index (χ4n) is 2.55. The summed E-state index contributed by atoms with van der Waals surface area (Å²) in [6.07, 6.45) is 0. The van der Waals surface area contributed by atoms with Crippen LogP contribution in [0.1, 0.15) is 25.5 Å². The molecule has 9 heteroatoms. The second-order valence-corrected chi connectivity index (χ2v) is 5.79. The van der Waals surface area contributed by atoms with Crippen molar-refractivity contribution in [2.45, 2.75) is 19.9 Å². The van der Waals surface area contributed by atoms with Gasteiger partial charge in [0.05, 0.1) is 25.3 Å². The Kier molecular flexibility index (Phi) is 6.40.